The summed E-state index contributed by atoms with van der Waals surface area (Å²) >= 11 is 1.12. The van der Waals surface area contributed by atoms with Crippen molar-refractivity contribution in [2.75, 3.05) is 11.1 Å². The van der Waals surface area contributed by atoms with Gasteiger partial charge in [0.25, 0.3) is 5.56 Å². The molecule has 1 aliphatic carbocycles. The van der Waals surface area contributed by atoms with Crippen LogP contribution in [0.5, 0.6) is 0 Å². The summed E-state index contributed by atoms with van der Waals surface area (Å²) < 4.78 is 28.5. The zero-order valence-electron chi connectivity index (χ0n) is 16.8. The van der Waals surface area contributed by atoms with Gasteiger partial charge in [0.2, 0.25) is 5.91 Å². The van der Waals surface area contributed by atoms with E-state index in [2.05, 4.69) is 10.3 Å². The molecule has 0 unspecified atom stereocenters. The molecule has 0 saturated heterocycles. The predicted octanol–water partition coefficient (Wildman–Crippen LogP) is 4.74. The molecule has 5 rings (SSSR count). The summed E-state index contributed by atoms with van der Waals surface area (Å²) in [6.45, 7) is 0. The summed E-state index contributed by atoms with van der Waals surface area (Å²) in [4.78, 5) is 33.4. The van der Waals surface area contributed by atoms with Crippen molar-refractivity contribution in [3.63, 3.8) is 0 Å². The molecule has 4 aromatic rings. The molecule has 2 heterocycles. The SMILES string of the molecule is O=C(CSc1nc2c(-c3ccccc3)c[nH]c2c(=O)n1C1CC1)Nc1ccc(F)cc1F. The van der Waals surface area contributed by atoms with E-state index in [9.17, 15) is 18.4 Å². The minimum absolute atomic E-state index is 0.0583. The van der Waals surface area contributed by atoms with E-state index in [1.807, 2.05) is 30.3 Å². The minimum Gasteiger partial charge on any atom is -0.355 e. The van der Waals surface area contributed by atoms with Crippen molar-refractivity contribution in [1.29, 1.82) is 0 Å². The third-order valence-electron chi connectivity index (χ3n) is 5.23. The number of nitrogens with one attached hydrogen (secondary N) is 2. The Kier molecular flexibility index (Phi) is 5.26. The molecule has 1 saturated carbocycles. The Morgan fingerprint density at radius 2 is 1.97 bits per heavy atom. The number of aromatic nitrogens is 3. The maximum Gasteiger partial charge on any atom is 0.278 e. The molecule has 0 spiro atoms. The lowest BCUT2D eigenvalue weighted by atomic mass is 10.1. The molecular formula is C23H18F2N4O2S. The van der Waals surface area contributed by atoms with Crippen LogP contribution in [-0.4, -0.2) is 26.2 Å². The van der Waals surface area contributed by atoms with Gasteiger partial charge in [0.1, 0.15) is 22.7 Å². The highest BCUT2D eigenvalue weighted by Gasteiger charge is 2.29. The number of aromatic amines is 1. The van der Waals surface area contributed by atoms with Gasteiger partial charge in [0, 0.05) is 23.9 Å². The zero-order chi connectivity index (χ0) is 22.2. The van der Waals surface area contributed by atoms with Crippen LogP contribution >= 0.6 is 11.8 Å². The maximum atomic E-state index is 13.8. The number of amides is 1. The second kappa shape index (κ2) is 8.23. The van der Waals surface area contributed by atoms with Gasteiger partial charge in [-0.05, 0) is 30.5 Å². The molecule has 32 heavy (non-hydrogen) atoms. The molecule has 0 bridgehead atoms. The Morgan fingerprint density at radius 3 is 2.69 bits per heavy atom. The fourth-order valence-corrected chi connectivity index (χ4v) is 4.41. The zero-order valence-corrected chi connectivity index (χ0v) is 17.6. The first kappa shape index (κ1) is 20.4. The Morgan fingerprint density at radius 1 is 1.19 bits per heavy atom. The number of benzene rings is 2. The lowest BCUT2D eigenvalue weighted by Gasteiger charge is -2.12. The highest BCUT2D eigenvalue weighted by molar-refractivity contribution is 7.99. The average Bonchev–Trinajstić information content (AvgIpc) is 3.53. The van der Waals surface area contributed by atoms with E-state index < -0.39 is 17.5 Å². The summed E-state index contributed by atoms with van der Waals surface area (Å²) in [5.41, 5.74) is 2.43. The van der Waals surface area contributed by atoms with Crippen molar-refractivity contribution in [2.45, 2.75) is 24.0 Å². The molecule has 0 atom stereocenters. The molecule has 0 aliphatic heterocycles. The van der Waals surface area contributed by atoms with Gasteiger partial charge >= 0.3 is 0 Å². The fraction of sp³-hybridized carbons (Fsp3) is 0.174. The van der Waals surface area contributed by atoms with Crippen molar-refractivity contribution in [1.82, 2.24) is 14.5 Å². The monoisotopic (exact) mass is 452 g/mol. The summed E-state index contributed by atoms with van der Waals surface area (Å²) in [7, 11) is 0. The van der Waals surface area contributed by atoms with Crippen molar-refractivity contribution in [3.8, 4) is 11.1 Å². The first-order chi connectivity index (χ1) is 15.5. The third-order valence-corrected chi connectivity index (χ3v) is 6.19. The number of rotatable bonds is 6. The molecule has 9 heteroatoms. The van der Waals surface area contributed by atoms with Crippen LogP contribution in [0.4, 0.5) is 14.5 Å². The Hall–Kier alpha value is -3.46. The smallest absolute Gasteiger partial charge is 0.278 e. The van der Waals surface area contributed by atoms with E-state index in [0.29, 0.717) is 22.3 Å². The number of hydrogen-bond acceptors (Lipinski definition) is 4. The van der Waals surface area contributed by atoms with Gasteiger partial charge in [-0.2, -0.15) is 0 Å². The molecule has 162 valence electrons. The lowest BCUT2D eigenvalue weighted by molar-refractivity contribution is -0.113. The van der Waals surface area contributed by atoms with Gasteiger partial charge in [-0.1, -0.05) is 42.1 Å². The number of nitrogens with zero attached hydrogens (tertiary/aromatic N) is 2. The molecule has 6 nitrogen and oxygen atoms in total. The maximum absolute atomic E-state index is 13.8. The van der Waals surface area contributed by atoms with Crippen molar-refractivity contribution in [2.24, 2.45) is 0 Å². The van der Waals surface area contributed by atoms with E-state index in [0.717, 1.165) is 41.8 Å². The normalized spacial score (nSPS) is 13.4. The van der Waals surface area contributed by atoms with Crippen LogP contribution < -0.4 is 10.9 Å². The number of carbonyl (C=O) groups excluding carboxylic acids is 1. The summed E-state index contributed by atoms with van der Waals surface area (Å²) in [5.74, 6) is -2.12. The van der Waals surface area contributed by atoms with Gasteiger partial charge in [0.15, 0.2) is 5.16 Å². The van der Waals surface area contributed by atoms with Crippen molar-refractivity contribution < 1.29 is 13.6 Å². The van der Waals surface area contributed by atoms with Crippen molar-refractivity contribution >= 4 is 34.4 Å². The second-order valence-corrected chi connectivity index (χ2v) is 8.50. The van der Waals surface area contributed by atoms with Gasteiger partial charge < -0.3 is 10.3 Å². The quantitative estimate of drug-likeness (QED) is 0.327. The standard InChI is InChI=1S/C23H18F2N4O2S/c24-14-6-9-18(17(25)10-14)27-19(30)12-32-23-28-20-16(13-4-2-1-3-5-13)11-26-21(20)22(31)29(23)15-7-8-15/h1-6,9-11,15,26H,7-8,12H2,(H,27,30). The molecule has 2 aromatic heterocycles. The Labute approximate surface area is 185 Å². The Bertz CT molecular complexity index is 1380. The summed E-state index contributed by atoms with van der Waals surface area (Å²) in [5, 5.41) is 2.87. The van der Waals surface area contributed by atoms with E-state index in [4.69, 9.17) is 4.98 Å². The fourth-order valence-electron chi connectivity index (χ4n) is 3.55. The number of H-pyrrole nitrogens is 1. The van der Waals surface area contributed by atoms with Crippen LogP contribution in [0.15, 0.2) is 64.7 Å². The van der Waals surface area contributed by atoms with Crippen LogP contribution in [0, 0.1) is 11.6 Å². The second-order valence-electron chi connectivity index (χ2n) is 7.55. The number of anilines is 1. The molecule has 2 aromatic carbocycles. The number of hydrogen-bond donors (Lipinski definition) is 2. The van der Waals surface area contributed by atoms with Gasteiger partial charge in [-0.25, -0.2) is 13.8 Å². The van der Waals surface area contributed by atoms with E-state index in [-0.39, 0.29) is 23.0 Å². The predicted molar refractivity (Wildman–Crippen MR) is 120 cm³/mol. The minimum atomic E-state index is -0.849. The third kappa shape index (κ3) is 3.91. The van der Waals surface area contributed by atoms with Crippen LogP contribution in [0.3, 0.4) is 0 Å². The van der Waals surface area contributed by atoms with Crippen LogP contribution in [0.25, 0.3) is 22.2 Å². The Balaban J connectivity index is 1.45. The molecule has 1 fully saturated rings. The first-order valence-electron chi connectivity index (χ1n) is 10.1. The molecule has 1 aliphatic rings. The van der Waals surface area contributed by atoms with Crippen molar-refractivity contribution in [3.05, 3.63) is 76.7 Å². The van der Waals surface area contributed by atoms with Gasteiger partial charge in [-0.3, -0.25) is 14.2 Å². The van der Waals surface area contributed by atoms with E-state index >= 15 is 0 Å². The van der Waals surface area contributed by atoms with Gasteiger partial charge in [-0.15, -0.1) is 0 Å². The van der Waals surface area contributed by atoms with E-state index in [1.165, 1.54) is 6.07 Å². The number of carbonyl (C=O) groups is 1. The van der Waals surface area contributed by atoms with Crippen LogP contribution in [0.2, 0.25) is 0 Å². The van der Waals surface area contributed by atoms with Crippen LogP contribution in [0.1, 0.15) is 18.9 Å². The topological polar surface area (TPSA) is 79.8 Å². The average molecular weight is 452 g/mol. The molecule has 1 amide bonds. The highest BCUT2D eigenvalue weighted by Crippen LogP contribution is 2.37. The number of fused-ring (bicyclic) bond motifs is 1. The summed E-state index contributed by atoms with van der Waals surface area (Å²) in [6, 6.07) is 12.6. The number of thioether (sulfide) groups is 1. The highest BCUT2D eigenvalue weighted by atomic mass is 32.2. The molecule has 0 radical (unpaired) electrons. The molecule has 2 N–H and O–H groups in total. The number of halogens is 2. The lowest BCUT2D eigenvalue weighted by Crippen LogP contribution is -2.23. The van der Waals surface area contributed by atoms with Gasteiger partial charge in [0.05, 0.1) is 11.4 Å². The summed E-state index contributed by atoms with van der Waals surface area (Å²) in [6.07, 6.45) is 3.52. The first-order valence-corrected chi connectivity index (χ1v) is 11.1. The largest absolute Gasteiger partial charge is 0.355 e. The molecular weight excluding hydrogens is 434 g/mol. The van der Waals surface area contributed by atoms with E-state index in [1.54, 1.807) is 10.8 Å². The van der Waals surface area contributed by atoms with Crippen LogP contribution in [-0.2, 0) is 4.79 Å².